The molecule has 0 spiro atoms. The van der Waals surface area contributed by atoms with E-state index in [1.165, 1.54) is 19.4 Å². The summed E-state index contributed by atoms with van der Waals surface area (Å²) in [4.78, 5) is 78.9. The van der Waals surface area contributed by atoms with Crippen molar-refractivity contribution >= 4 is 93.2 Å². The average molecular weight is 1090 g/mol. The number of hydrogen-bond donors (Lipinski definition) is 3. The zero-order valence-corrected chi connectivity index (χ0v) is 44.7. The molecule has 77 heavy (non-hydrogen) atoms. The Bertz CT molecular complexity index is 3390. The van der Waals surface area contributed by atoms with Gasteiger partial charge in [0.25, 0.3) is 11.8 Å². The second-order valence-electron chi connectivity index (χ2n) is 20.7. The number of imide groups is 2. The maximum Gasteiger partial charge on any atom is 0.262 e. The summed E-state index contributed by atoms with van der Waals surface area (Å²) >= 11 is 6.64. The fourth-order valence-corrected chi connectivity index (χ4v) is 13.1. The minimum atomic E-state index is -2.90. The molecule has 6 aromatic rings. The molecule has 4 fully saturated rings. The van der Waals surface area contributed by atoms with Gasteiger partial charge >= 0.3 is 0 Å². The Labute approximate surface area is 447 Å². The number of hydrogen-bond acceptors (Lipinski definition) is 17. The van der Waals surface area contributed by atoms with Crippen LogP contribution >= 0.6 is 18.7 Å². The molecule has 3 aromatic carbocycles. The SMILES string of the molecule is COc1cc(N2CCC(N3CCN(CC4CCN(c5cc6c(cc5F)C(=O)N(C5CCC(=O)NC5=O)C6=O)CC4)CC3)CC2)c(-c2cnn(C)c2)c(F)c1Nc1ncc(Cl)c(Nc2ccc3nccnc3c2P(C)(C)=O)n1. The molecule has 0 bridgehead atoms. The average Bonchev–Trinajstić information content (AvgIpc) is 4.12. The number of methoxy groups -OCH3 is 1. The first-order valence-electron chi connectivity index (χ1n) is 25.8. The maximum absolute atomic E-state index is 17.4. The lowest BCUT2D eigenvalue weighted by Gasteiger charge is -2.44. The molecule has 0 saturated carbocycles. The third-order valence-electron chi connectivity index (χ3n) is 15.5. The number of carbonyl (C=O) groups excluding carboxylic acids is 4. The van der Waals surface area contributed by atoms with Crippen LogP contribution in [0.3, 0.4) is 0 Å². The van der Waals surface area contributed by atoms with Crippen LogP contribution < -0.4 is 35.8 Å². The molecule has 5 aliphatic rings. The zero-order chi connectivity index (χ0) is 53.9. The summed E-state index contributed by atoms with van der Waals surface area (Å²) in [6, 6.07) is 7.16. The summed E-state index contributed by atoms with van der Waals surface area (Å²) in [7, 11) is 0.372. The molecule has 8 heterocycles. The van der Waals surface area contributed by atoms with Gasteiger partial charge in [-0.05, 0) is 75.6 Å². The number of piperidine rings is 3. The molecule has 4 amide bonds. The minimum absolute atomic E-state index is 0.00649. The van der Waals surface area contributed by atoms with Crippen LogP contribution in [-0.4, -0.2) is 159 Å². The van der Waals surface area contributed by atoms with Crippen LogP contribution in [-0.2, 0) is 21.2 Å². The van der Waals surface area contributed by atoms with E-state index in [0.29, 0.717) is 77.0 Å². The highest BCUT2D eigenvalue weighted by atomic mass is 35.5. The van der Waals surface area contributed by atoms with Gasteiger partial charge in [0.15, 0.2) is 11.6 Å². The van der Waals surface area contributed by atoms with E-state index in [-0.39, 0.29) is 57.9 Å². The van der Waals surface area contributed by atoms with Crippen LogP contribution in [0.4, 0.5) is 43.3 Å². The number of benzene rings is 3. The normalized spacial score (nSPS) is 19.3. The van der Waals surface area contributed by atoms with E-state index in [1.54, 1.807) is 62.0 Å². The Morgan fingerprint density at radius 1 is 0.831 bits per heavy atom. The van der Waals surface area contributed by atoms with Crippen molar-refractivity contribution in [3.05, 3.63) is 89.1 Å². The molecule has 0 radical (unpaired) electrons. The van der Waals surface area contributed by atoms with Gasteiger partial charge in [0.2, 0.25) is 17.8 Å². The van der Waals surface area contributed by atoms with Gasteiger partial charge in [-0.3, -0.25) is 48.9 Å². The van der Waals surface area contributed by atoms with Gasteiger partial charge in [0.1, 0.15) is 41.0 Å². The van der Waals surface area contributed by atoms with Gasteiger partial charge < -0.3 is 34.6 Å². The Morgan fingerprint density at radius 2 is 1.53 bits per heavy atom. The number of aryl methyl sites for hydroxylation is 1. The van der Waals surface area contributed by atoms with Crippen molar-refractivity contribution in [2.45, 2.75) is 50.6 Å². The summed E-state index contributed by atoms with van der Waals surface area (Å²) in [5.74, 6) is -2.80. The summed E-state index contributed by atoms with van der Waals surface area (Å²) in [6.45, 7) is 10.5. The molecule has 3 N–H and O–H groups in total. The van der Waals surface area contributed by atoms with E-state index in [0.717, 1.165) is 69.4 Å². The Balaban J connectivity index is 0.715. The highest BCUT2D eigenvalue weighted by Crippen LogP contribution is 2.46. The van der Waals surface area contributed by atoms with E-state index in [4.69, 9.17) is 16.3 Å². The molecule has 3 aromatic heterocycles. The summed E-state index contributed by atoms with van der Waals surface area (Å²) in [6.07, 6.45) is 11.4. The number of piperazine rings is 1. The second kappa shape index (κ2) is 21.0. The fourth-order valence-electron chi connectivity index (χ4n) is 11.6. The molecular formula is C53H58ClF2N14O6P. The van der Waals surface area contributed by atoms with Crippen molar-refractivity contribution in [2.24, 2.45) is 13.0 Å². The number of anilines is 6. The predicted octanol–water partition coefficient (Wildman–Crippen LogP) is 6.40. The van der Waals surface area contributed by atoms with Gasteiger partial charge in [-0.25, -0.2) is 13.8 Å². The van der Waals surface area contributed by atoms with Crippen molar-refractivity contribution in [1.29, 1.82) is 0 Å². The highest BCUT2D eigenvalue weighted by molar-refractivity contribution is 7.71. The van der Waals surface area contributed by atoms with Gasteiger partial charge in [-0.15, -0.1) is 0 Å². The second-order valence-corrected chi connectivity index (χ2v) is 24.3. The van der Waals surface area contributed by atoms with E-state index >= 15 is 8.78 Å². The lowest BCUT2D eigenvalue weighted by molar-refractivity contribution is -0.136. The van der Waals surface area contributed by atoms with Gasteiger partial charge in [0, 0.05) is 114 Å². The molecule has 4 saturated heterocycles. The highest BCUT2D eigenvalue weighted by Gasteiger charge is 2.45. The van der Waals surface area contributed by atoms with Crippen LogP contribution in [0.1, 0.15) is 59.2 Å². The Kier molecular flexibility index (Phi) is 14.2. The molecule has 1 unspecified atom stereocenters. The molecule has 5 aliphatic heterocycles. The molecule has 11 rings (SSSR count). The number of rotatable bonds is 13. The third-order valence-corrected chi connectivity index (χ3v) is 17.3. The van der Waals surface area contributed by atoms with Crippen molar-refractivity contribution in [3.63, 3.8) is 0 Å². The van der Waals surface area contributed by atoms with Crippen molar-refractivity contribution in [2.75, 3.05) is 99.8 Å². The number of ether oxygens (including phenoxy) is 1. The smallest absolute Gasteiger partial charge is 0.262 e. The minimum Gasteiger partial charge on any atom is -0.494 e. The standard InChI is InChI=1S/C53H58ClF2N14O6P/c1-65-29-31(26-60-65)44-41(25-42(76-2)47(45(44)56)63-53-59-27-35(54)49(64-53)61-38-6-5-37-46(58-14-13-57-37)48(38)77(3,4)75)69-17-11-32(12-18-69)67-21-19-66(20-22-67)28-30-9-15-68(16-10-30)40-24-34-33(23-36(40)55)51(73)70(52(34)74)39-7-8-43(71)62-50(39)72/h5-6,13-14,23-27,29-30,32,39H,7-12,15-22,28H2,1-4H3,(H,62,71,72)(H2,59,61,63,64). The summed E-state index contributed by atoms with van der Waals surface area (Å²) in [5, 5.41) is 13.5. The third kappa shape index (κ3) is 10.2. The first-order chi connectivity index (χ1) is 37.0. The lowest BCUT2D eigenvalue weighted by Crippen LogP contribution is -2.54. The van der Waals surface area contributed by atoms with E-state index in [1.807, 2.05) is 11.0 Å². The molecule has 1 atom stereocenters. The first-order valence-corrected chi connectivity index (χ1v) is 28.8. The quantitative estimate of drug-likeness (QED) is 0.0842. The van der Waals surface area contributed by atoms with Crippen LogP contribution in [0.2, 0.25) is 5.02 Å². The maximum atomic E-state index is 17.4. The number of halogens is 3. The molecule has 402 valence electrons. The van der Waals surface area contributed by atoms with Crippen LogP contribution in [0, 0.1) is 17.6 Å². The summed E-state index contributed by atoms with van der Waals surface area (Å²) < 4.78 is 54.1. The first kappa shape index (κ1) is 51.9. The van der Waals surface area contributed by atoms with E-state index in [2.05, 4.69) is 55.7 Å². The number of amides is 4. The number of nitrogens with zero attached hydrogens (tertiary/aromatic N) is 11. The summed E-state index contributed by atoms with van der Waals surface area (Å²) in [5.41, 5.74) is 3.51. The molecule has 0 aliphatic carbocycles. The monoisotopic (exact) mass is 1090 g/mol. The van der Waals surface area contributed by atoms with Crippen LogP contribution in [0.15, 0.2) is 61.3 Å². The largest absolute Gasteiger partial charge is 0.494 e. The number of fused-ring (bicyclic) bond motifs is 2. The molecule has 24 heteroatoms. The topological polar surface area (TPSA) is 216 Å². The van der Waals surface area contributed by atoms with Gasteiger partial charge in [-0.2, -0.15) is 10.1 Å². The van der Waals surface area contributed by atoms with Crippen molar-refractivity contribution < 1.29 is 37.3 Å². The lowest BCUT2D eigenvalue weighted by atomic mass is 9.94. The van der Waals surface area contributed by atoms with Gasteiger partial charge in [-0.1, -0.05) is 11.6 Å². The zero-order valence-electron chi connectivity index (χ0n) is 43.1. The Hall–Kier alpha value is -7.13. The predicted molar refractivity (Wildman–Crippen MR) is 289 cm³/mol. The van der Waals surface area contributed by atoms with Crippen molar-refractivity contribution in [3.8, 4) is 16.9 Å². The number of nitrogens with one attached hydrogen (secondary N) is 3. The van der Waals surface area contributed by atoms with Crippen LogP contribution in [0.5, 0.6) is 5.75 Å². The fraction of sp³-hybridized carbons (Fsp3) is 0.415. The number of carbonyl (C=O) groups is 4. The van der Waals surface area contributed by atoms with Gasteiger partial charge in [0.05, 0.1) is 58.5 Å². The van der Waals surface area contributed by atoms with Crippen molar-refractivity contribution in [1.82, 2.24) is 49.7 Å². The van der Waals surface area contributed by atoms with Crippen LogP contribution in [0.25, 0.3) is 22.2 Å². The number of aromatic nitrogens is 6. The Morgan fingerprint density at radius 3 is 2.22 bits per heavy atom. The van der Waals surface area contributed by atoms with E-state index in [9.17, 15) is 23.7 Å². The van der Waals surface area contributed by atoms with E-state index < -0.39 is 48.4 Å². The molecule has 20 nitrogen and oxygen atoms in total. The molecular weight excluding hydrogens is 1030 g/mol.